The lowest BCUT2D eigenvalue weighted by Gasteiger charge is -2.35. The monoisotopic (exact) mass is 635 g/mol. The molecule has 2 aromatic carbocycles. The number of nitrogens with zero attached hydrogens (tertiary/aromatic N) is 2. The number of carbonyl (C=O) groups is 4. The van der Waals surface area contributed by atoms with E-state index in [0.29, 0.717) is 5.56 Å². The van der Waals surface area contributed by atoms with E-state index in [-0.39, 0.29) is 37.3 Å². The number of alkyl carbamates (subject to hydrolysis) is 1. The second kappa shape index (κ2) is 15.6. The number of rotatable bonds is 15. The quantitative estimate of drug-likeness (QED) is 0.0873. The van der Waals surface area contributed by atoms with Gasteiger partial charge >= 0.3 is 24.0 Å². The van der Waals surface area contributed by atoms with E-state index in [0.717, 1.165) is 11.8 Å². The van der Waals surface area contributed by atoms with E-state index in [1.807, 2.05) is 30.3 Å². The average molecular weight is 636 g/mol. The predicted molar refractivity (Wildman–Crippen MR) is 165 cm³/mol. The van der Waals surface area contributed by atoms with Crippen LogP contribution in [0.15, 0.2) is 79.0 Å². The minimum atomic E-state index is -1.95. The molecular weight excluding hydrogens is 598 g/mol. The number of carboxylic acid groups (broad SMARTS) is 2. The van der Waals surface area contributed by atoms with Crippen LogP contribution in [-0.4, -0.2) is 55.8 Å². The minimum absolute atomic E-state index is 0.00670. The maximum atomic E-state index is 14.3. The number of amides is 1. The van der Waals surface area contributed by atoms with Crippen LogP contribution in [0.5, 0.6) is 0 Å². The molecule has 13 heteroatoms. The van der Waals surface area contributed by atoms with Crippen molar-refractivity contribution in [3.63, 3.8) is 0 Å². The lowest BCUT2D eigenvalue weighted by atomic mass is 9.72. The summed E-state index contributed by atoms with van der Waals surface area (Å²) in [5, 5.41) is 33.4. The van der Waals surface area contributed by atoms with Crippen LogP contribution in [0.3, 0.4) is 0 Å². The topological polar surface area (TPSA) is 195 Å². The van der Waals surface area contributed by atoms with Crippen molar-refractivity contribution in [1.82, 2.24) is 10.3 Å². The number of esters is 1. The van der Waals surface area contributed by atoms with Gasteiger partial charge in [0, 0.05) is 12.1 Å². The summed E-state index contributed by atoms with van der Waals surface area (Å²) in [7, 11) is 0. The van der Waals surface area contributed by atoms with E-state index in [9.17, 15) is 39.5 Å². The van der Waals surface area contributed by atoms with Gasteiger partial charge in [-0.2, -0.15) is 0 Å². The van der Waals surface area contributed by atoms with Gasteiger partial charge in [0.2, 0.25) is 0 Å². The third kappa shape index (κ3) is 10.1. The molecule has 0 fully saturated rings. The van der Waals surface area contributed by atoms with E-state index in [4.69, 9.17) is 9.47 Å². The molecule has 0 spiro atoms. The fourth-order valence-electron chi connectivity index (χ4n) is 4.95. The van der Waals surface area contributed by atoms with Crippen LogP contribution in [0.4, 0.5) is 10.5 Å². The summed E-state index contributed by atoms with van der Waals surface area (Å²) in [6.07, 6.45) is -0.666. The largest absolute Gasteiger partial charge is 0.481 e. The summed E-state index contributed by atoms with van der Waals surface area (Å²) in [5.41, 5.74) is -1.46. The molecule has 1 amide bonds. The maximum Gasteiger partial charge on any atom is 0.407 e. The highest BCUT2D eigenvalue weighted by molar-refractivity contribution is 5.93. The van der Waals surface area contributed by atoms with Crippen LogP contribution >= 0.6 is 0 Å². The van der Waals surface area contributed by atoms with E-state index in [2.05, 4.69) is 10.3 Å². The highest BCUT2D eigenvalue weighted by Crippen LogP contribution is 2.37. The van der Waals surface area contributed by atoms with Gasteiger partial charge in [0.15, 0.2) is 5.92 Å². The highest BCUT2D eigenvalue weighted by atomic mass is 16.6. The number of aryl methyl sites for hydroxylation is 1. The summed E-state index contributed by atoms with van der Waals surface area (Å²) >= 11 is 0. The minimum Gasteiger partial charge on any atom is -0.481 e. The smallest absolute Gasteiger partial charge is 0.407 e. The van der Waals surface area contributed by atoms with Crippen LogP contribution < -0.4 is 5.32 Å². The molecule has 1 unspecified atom stereocenters. The van der Waals surface area contributed by atoms with Crippen LogP contribution in [0, 0.1) is 16.0 Å². The molecule has 0 saturated heterocycles. The zero-order chi connectivity index (χ0) is 33.9. The number of carboxylic acids is 2. The molecule has 0 aliphatic carbocycles. The Morgan fingerprint density at radius 1 is 0.913 bits per heavy atom. The number of carbonyl (C=O) groups excluding carboxylic acids is 2. The molecule has 3 rings (SSSR count). The number of hydrogen-bond acceptors (Lipinski definition) is 9. The average Bonchev–Trinajstić information content (AvgIpc) is 3.00. The summed E-state index contributed by atoms with van der Waals surface area (Å²) in [4.78, 5) is 66.2. The van der Waals surface area contributed by atoms with E-state index in [1.54, 1.807) is 51.1 Å². The molecule has 3 aromatic rings. The van der Waals surface area contributed by atoms with E-state index < -0.39 is 58.3 Å². The first-order valence-corrected chi connectivity index (χ1v) is 14.5. The van der Waals surface area contributed by atoms with Gasteiger partial charge in [0.05, 0.1) is 10.6 Å². The third-order valence-corrected chi connectivity index (χ3v) is 7.17. The second-order valence-corrected chi connectivity index (χ2v) is 11.8. The van der Waals surface area contributed by atoms with Crippen molar-refractivity contribution in [2.45, 2.75) is 70.1 Å². The zero-order valence-corrected chi connectivity index (χ0v) is 25.8. The first-order valence-electron chi connectivity index (χ1n) is 14.5. The number of aromatic nitrogens is 1. The van der Waals surface area contributed by atoms with Gasteiger partial charge in [0.1, 0.15) is 23.8 Å². The van der Waals surface area contributed by atoms with Crippen molar-refractivity contribution in [1.29, 1.82) is 0 Å². The number of ether oxygens (including phenoxy) is 2. The Hall–Kier alpha value is -5.33. The Kier molecular flexibility index (Phi) is 11.9. The van der Waals surface area contributed by atoms with Crippen LogP contribution in [-0.2, 0) is 42.3 Å². The molecule has 1 heterocycles. The molecule has 2 atom stereocenters. The summed E-state index contributed by atoms with van der Waals surface area (Å²) in [6.45, 7) is 4.71. The van der Waals surface area contributed by atoms with Crippen molar-refractivity contribution in [3.05, 3.63) is 106 Å². The maximum absolute atomic E-state index is 14.3. The van der Waals surface area contributed by atoms with Gasteiger partial charge in [-0.1, -0.05) is 60.7 Å². The summed E-state index contributed by atoms with van der Waals surface area (Å²) in [5.74, 6) is -6.03. The molecule has 46 heavy (non-hydrogen) atoms. The van der Waals surface area contributed by atoms with Crippen molar-refractivity contribution < 1.29 is 43.8 Å². The van der Waals surface area contributed by atoms with Gasteiger partial charge in [-0.05, 0) is 63.6 Å². The lowest BCUT2D eigenvalue weighted by molar-refractivity contribution is -0.385. The lowest BCUT2D eigenvalue weighted by Crippen LogP contribution is -2.49. The highest BCUT2D eigenvalue weighted by Gasteiger charge is 2.46. The van der Waals surface area contributed by atoms with Crippen molar-refractivity contribution in [2.75, 3.05) is 0 Å². The van der Waals surface area contributed by atoms with Crippen molar-refractivity contribution in [2.24, 2.45) is 5.92 Å². The molecule has 3 N–H and O–H groups in total. The Balaban J connectivity index is 2.16. The molecule has 0 aliphatic rings. The fourth-order valence-corrected chi connectivity index (χ4v) is 4.95. The standard InChI is InChI=1S/C33H37N3O10/c1-32(2,3)46-31(42)35-24(18-26(28(37)38)29(39)40)19-33(17-16-22-10-6-4-7-11-22,27-15-14-25(20-34-27)36(43)44)30(41)45-21-23-12-8-5-9-13-23/h4-15,20,24,26H,16-19,21H2,1-3H3,(H,35,42)(H,37,38)(H,39,40)/t24-,33?/m0/s1. The van der Waals surface area contributed by atoms with Gasteiger partial charge in [-0.25, -0.2) is 4.79 Å². The molecule has 13 nitrogen and oxygen atoms in total. The number of nitro groups is 1. The zero-order valence-electron chi connectivity index (χ0n) is 25.8. The van der Waals surface area contributed by atoms with Crippen molar-refractivity contribution in [3.8, 4) is 0 Å². The molecule has 0 bridgehead atoms. The molecule has 1 aromatic heterocycles. The van der Waals surface area contributed by atoms with Gasteiger partial charge in [-0.3, -0.25) is 29.5 Å². The molecule has 244 valence electrons. The van der Waals surface area contributed by atoms with E-state index in [1.165, 1.54) is 12.1 Å². The first-order chi connectivity index (χ1) is 21.7. The van der Waals surface area contributed by atoms with Crippen LogP contribution in [0.2, 0.25) is 0 Å². The number of benzene rings is 2. The van der Waals surface area contributed by atoms with Crippen LogP contribution in [0.1, 0.15) is 56.9 Å². The van der Waals surface area contributed by atoms with Gasteiger partial charge in [-0.15, -0.1) is 0 Å². The Morgan fingerprint density at radius 3 is 2.00 bits per heavy atom. The predicted octanol–water partition coefficient (Wildman–Crippen LogP) is 5.06. The number of nitrogens with one attached hydrogen (secondary N) is 1. The molecular formula is C33H37N3O10. The number of hydrogen-bond donors (Lipinski definition) is 3. The molecule has 0 aliphatic heterocycles. The van der Waals surface area contributed by atoms with Gasteiger partial charge < -0.3 is 25.0 Å². The molecule has 0 radical (unpaired) electrons. The SMILES string of the molecule is CC(C)(C)OC(=O)N[C@@H](CC(C(=O)O)C(=O)O)CC(CCc1ccccc1)(C(=O)OCc1ccccc1)c1ccc([N+](=O)[O-])cn1. The van der Waals surface area contributed by atoms with Gasteiger partial charge in [0.25, 0.3) is 5.69 Å². The fraction of sp³-hybridized carbons (Fsp3) is 0.364. The second-order valence-electron chi connectivity index (χ2n) is 11.8. The number of aliphatic carboxylic acids is 2. The molecule has 0 saturated carbocycles. The summed E-state index contributed by atoms with van der Waals surface area (Å²) < 4.78 is 11.2. The van der Waals surface area contributed by atoms with Crippen molar-refractivity contribution >= 4 is 29.7 Å². The normalized spacial score (nSPS) is 13.2. The Morgan fingerprint density at radius 2 is 1.50 bits per heavy atom. The number of pyridine rings is 1. The third-order valence-electron chi connectivity index (χ3n) is 7.17. The summed E-state index contributed by atoms with van der Waals surface area (Å²) in [6, 6.07) is 19.2. The Labute approximate surface area is 265 Å². The first kappa shape index (κ1) is 35.2. The van der Waals surface area contributed by atoms with E-state index >= 15 is 0 Å². The van der Waals surface area contributed by atoms with Crippen LogP contribution in [0.25, 0.3) is 0 Å². The Bertz CT molecular complexity index is 1490.